The minimum atomic E-state index is -0.793. The first-order valence-corrected chi connectivity index (χ1v) is 9.58. The van der Waals surface area contributed by atoms with Crippen molar-refractivity contribution in [1.82, 2.24) is 4.90 Å². The second-order valence-corrected chi connectivity index (χ2v) is 7.23. The van der Waals surface area contributed by atoms with E-state index in [1.165, 1.54) is 18.3 Å². The highest BCUT2D eigenvalue weighted by molar-refractivity contribution is 6.46. The third-order valence-corrected chi connectivity index (χ3v) is 5.23. The molecule has 1 atom stereocenters. The van der Waals surface area contributed by atoms with E-state index in [9.17, 15) is 14.7 Å². The zero-order valence-electron chi connectivity index (χ0n) is 16.0. The third-order valence-electron chi connectivity index (χ3n) is 4.98. The number of amides is 1. The quantitative estimate of drug-likeness (QED) is 0.369. The molecule has 1 aromatic heterocycles. The molecule has 1 unspecified atom stereocenters. The molecule has 0 bridgehead atoms. The van der Waals surface area contributed by atoms with Gasteiger partial charge in [0.2, 0.25) is 0 Å². The average molecular weight is 424 g/mol. The predicted molar refractivity (Wildman–Crippen MR) is 111 cm³/mol. The lowest BCUT2D eigenvalue weighted by molar-refractivity contribution is -0.140. The smallest absolute Gasteiger partial charge is 0.296 e. The molecule has 1 saturated heterocycles. The van der Waals surface area contributed by atoms with Gasteiger partial charge >= 0.3 is 0 Å². The Morgan fingerprint density at radius 1 is 1.13 bits per heavy atom. The summed E-state index contributed by atoms with van der Waals surface area (Å²) >= 11 is 6.02. The van der Waals surface area contributed by atoms with Crippen molar-refractivity contribution in [3.8, 4) is 5.75 Å². The molecule has 2 aromatic carbocycles. The summed E-state index contributed by atoms with van der Waals surface area (Å²) in [5, 5.41) is 11.6. The maximum atomic E-state index is 13.0. The first-order chi connectivity index (χ1) is 14.5. The molecular formula is C23H18ClNO5. The summed E-state index contributed by atoms with van der Waals surface area (Å²) in [7, 11) is 1.51. The van der Waals surface area contributed by atoms with Crippen molar-refractivity contribution in [1.29, 1.82) is 0 Å². The topological polar surface area (TPSA) is 80.0 Å². The van der Waals surface area contributed by atoms with Crippen molar-refractivity contribution in [2.45, 2.75) is 12.6 Å². The fourth-order valence-corrected chi connectivity index (χ4v) is 3.66. The highest BCUT2D eigenvalue weighted by Gasteiger charge is 2.46. The van der Waals surface area contributed by atoms with Crippen LogP contribution in [0.3, 0.4) is 0 Å². The minimum Gasteiger partial charge on any atom is -0.507 e. The number of hydrogen-bond donors (Lipinski definition) is 1. The highest BCUT2D eigenvalue weighted by atomic mass is 35.5. The summed E-state index contributed by atoms with van der Waals surface area (Å²) in [6.07, 6.45) is 1.50. The number of ketones is 1. The van der Waals surface area contributed by atoms with Crippen LogP contribution in [0.4, 0.5) is 0 Å². The fourth-order valence-electron chi connectivity index (χ4n) is 3.53. The van der Waals surface area contributed by atoms with Gasteiger partial charge in [0.05, 0.1) is 31.5 Å². The van der Waals surface area contributed by atoms with E-state index in [-0.39, 0.29) is 17.9 Å². The van der Waals surface area contributed by atoms with Gasteiger partial charge in [-0.1, -0.05) is 35.9 Å². The van der Waals surface area contributed by atoms with E-state index in [1.807, 2.05) is 0 Å². The Balaban J connectivity index is 1.86. The van der Waals surface area contributed by atoms with Crippen LogP contribution in [0.1, 0.15) is 22.9 Å². The van der Waals surface area contributed by atoms with Gasteiger partial charge in [-0.05, 0) is 42.0 Å². The highest BCUT2D eigenvalue weighted by Crippen LogP contribution is 2.40. The van der Waals surface area contributed by atoms with Crippen molar-refractivity contribution < 1.29 is 23.8 Å². The van der Waals surface area contributed by atoms with Gasteiger partial charge in [0, 0.05) is 10.6 Å². The summed E-state index contributed by atoms with van der Waals surface area (Å²) in [6.45, 7) is 0.0831. The monoisotopic (exact) mass is 423 g/mol. The Kier molecular flexibility index (Phi) is 5.33. The minimum absolute atomic E-state index is 0.00197. The number of aliphatic hydroxyl groups excluding tert-OH is 1. The number of halogens is 1. The van der Waals surface area contributed by atoms with Gasteiger partial charge in [-0.3, -0.25) is 9.59 Å². The molecule has 6 nitrogen and oxygen atoms in total. The predicted octanol–water partition coefficient (Wildman–Crippen LogP) is 4.56. The van der Waals surface area contributed by atoms with E-state index < -0.39 is 17.7 Å². The third kappa shape index (κ3) is 3.57. The molecule has 2 heterocycles. The van der Waals surface area contributed by atoms with Crippen LogP contribution in [0.2, 0.25) is 5.02 Å². The number of ether oxygens (including phenoxy) is 1. The molecular weight excluding hydrogens is 406 g/mol. The Morgan fingerprint density at radius 2 is 1.90 bits per heavy atom. The van der Waals surface area contributed by atoms with E-state index in [0.717, 1.165) is 0 Å². The van der Waals surface area contributed by atoms with Gasteiger partial charge in [-0.25, -0.2) is 0 Å². The normalized spacial score (nSPS) is 18.1. The van der Waals surface area contributed by atoms with Crippen LogP contribution in [0, 0.1) is 0 Å². The average Bonchev–Trinajstić information content (AvgIpc) is 3.36. The van der Waals surface area contributed by atoms with Gasteiger partial charge < -0.3 is 19.2 Å². The number of methoxy groups -OCH3 is 1. The second-order valence-electron chi connectivity index (χ2n) is 6.79. The molecule has 1 fully saturated rings. The zero-order chi connectivity index (χ0) is 21.3. The Morgan fingerprint density at radius 3 is 2.57 bits per heavy atom. The van der Waals surface area contributed by atoms with Gasteiger partial charge in [0.1, 0.15) is 17.3 Å². The number of rotatable bonds is 5. The zero-order valence-corrected chi connectivity index (χ0v) is 16.8. The van der Waals surface area contributed by atoms with Crippen LogP contribution < -0.4 is 4.74 Å². The Hall–Kier alpha value is -3.51. The lowest BCUT2D eigenvalue weighted by atomic mass is 9.95. The van der Waals surface area contributed by atoms with Crippen molar-refractivity contribution in [3.63, 3.8) is 0 Å². The van der Waals surface area contributed by atoms with Crippen LogP contribution in [0.25, 0.3) is 5.76 Å². The van der Waals surface area contributed by atoms with Crippen LogP contribution >= 0.6 is 11.6 Å². The molecule has 30 heavy (non-hydrogen) atoms. The van der Waals surface area contributed by atoms with Gasteiger partial charge in [0.15, 0.2) is 0 Å². The molecule has 1 N–H and O–H groups in total. The van der Waals surface area contributed by atoms with E-state index in [4.69, 9.17) is 20.8 Å². The largest absolute Gasteiger partial charge is 0.507 e. The van der Waals surface area contributed by atoms with Crippen molar-refractivity contribution >= 4 is 29.1 Å². The van der Waals surface area contributed by atoms with Gasteiger partial charge in [-0.15, -0.1) is 0 Å². The Labute approximate surface area is 177 Å². The summed E-state index contributed by atoms with van der Waals surface area (Å²) in [6, 6.07) is 16.1. The van der Waals surface area contributed by atoms with Gasteiger partial charge in [-0.2, -0.15) is 0 Å². The molecule has 3 aromatic rings. The summed E-state index contributed by atoms with van der Waals surface area (Å²) in [4.78, 5) is 27.2. The Bertz CT molecular complexity index is 1120. The van der Waals surface area contributed by atoms with Gasteiger partial charge in [0.25, 0.3) is 11.7 Å². The van der Waals surface area contributed by atoms with E-state index in [1.54, 1.807) is 60.7 Å². The molecule has 1 aliphatic rings. The standard InChI is InChI=1S/C23H18ClNO5/c1-29-17-5-2-4-15(12-17)21(26)19-20(14-7-9-16(24)10-8-14)25(23(28)22(19)27)13-18-6-3-11-30-18/h2-12,20,26H,13H2,1H3. The first-order valence-electron chi connectivity index (χ1n) is 9.20. The SMILES string of the molecule is COc1cccc(C(O)=C2C(=O)C(=O)N(Cc3ccco3)C2c2ccc(Cl)cc2)c1. The van der Waals surface area contributed by atoms with Crippen LogP contribution in [-0.2, 0) is 16.1 Å². The number of carbonyl (C=O) groups is 2. The van der Waals surface area contributed by atoms with Crippen LogP contribution in [0.5, 0.6) is 5.75 Å². The lowest BCUT2D eigenvalue weighted by Crippen LogP contribution is -2.29. The number of Topliss-reactive ketones (excluding diaryl/α,β-unsaturated/α-hetero) is 1. The number of hydrogen-bond acceptors (Lipinski definition) is 5. The second kappa shape index (κ2) is 8.08. The van der Waals surface area contributed by atoms with Crippen LogP contribution in [-0.4, -0.2) is 28.8 Å². The number of benzene rings is 2. The number of aliphatic hydroxyl groups is 1. The first kappa shape index (κ1) is 19.8. The maximum Gasteiger partial charge on any atom is 0.296 e. The molecule has 1 amide bonds. The molecule has 0 aliphatic carbocycles. The molecule has 0 spiro atoms. The number of likely N-dealkylation sites (tertiary alicyclic amines) is 1. The number of furan rings is 1. The fraction of sp³-hybridized carbons (Fsp3) is 0.130. The maximum absolute atomic E-state index is 13.0. The van der Waals surface area contributed by atoms with E-state index in [2.05, 4.69) is 0 Å². The lowest BCUT2D eigenvalue weighted by Gasteiger charge is -2.24. The molecule has 4 rings (SSSR count). The summed E-state index contributed by atoms with van der Waals surface area (Å²) < 4.78 is 10.6. The van der Waals surface area contributed by atoms with Crippen molar-refractivity contribution in [2.24, 2.45) is 0 Å². The molecule has 1 aliphatic heterocycles. The van der Waals surface area contributed by atoms with Crippen molar-refractivity contribution in [3.05, 3.63) is 94.4 Å². The molecule has 7 heteroatoms. The molecule has 0 radical (unpaired) electrons. The summed E-state index contributed by atoms with van der Waals surface area (Å²) in [5.41, 5.74) is 1.03. The van der Waals surface area contributed by atoms with Crippen LogP contribution in [0.15, 0.2) is 76.9 Å². The van der Waals surface area contributed by atoms with E-state index >= 15 is 0 Å². The number of nitrogens with zero attached hydrogens (tertiary/aromatic N) is 1. The summed E-state index contributed by atoms with van der Waals surface area (Å²) in [5.74, 6) is -0.698. The molecule has 0 saturated carbocycles. The number of carbonyl (C=O) groups excluding carboxylic acids is 2. The molecule has 152 valence electrons. The van der Waals surface area contributed by atoms with Crippen molar-refractivity contribution in [2.75, 3.05) is 7.11 Å². The van der Waals surface area contributed by atoms with E-state index in [0.29, 0.717) is 27.7 Å².